The van der Waals surface area contributed by atoms with E-state index >= 15 is 0 Å². The van der Waals surface area contributed by atoms with Crippen molar-refractivity contribution in [2.75, 3.05) is 13.1 Å². The number of amides is 1. The van der Waals surface area contributed by atoms with Gasteiger partial charge < -0.3 is 9.64 Å². The summed E-state index contributed by atoms with van der Waals surface area (Å²) in [7, 11) is 0. The molecule has 0 N–H and O–H groups in total. The van der Waals surface area contributed by atoms with E-state index in [0.717, 1.165) is 5.56 Å². The first kappa shape index (κ1) is 19.3. The lowest BCUT2D eigenvalue weighted by Gasteiger charge is -2.31. The third kappa shape index (κ3) is 4.63. The lowest BCUT2D eigenvalue weighted by molar-refractivity contribution is -0.152. The highest BCUT2D eigenvalue weighted by Crippen LogP contribution is 2.22. The third-order valence-electron chi connectivity index (χ3n) is 4.85. The number of carbonyl (C=O) groups excluding carboxylic acids is 3. The number of likely N-dealkylation sites (tertiary alicyclic amines) is 1. The number of thiophene rings is 1. The number of carbonyl (C=O) groups is 3. The summed E-state index contributed by atoms with van der Waals surface area (Å²) in [5.41, 5.74) is 1.61. The van der Waals surface area contributed by atoms with Crippen molar-refractivity contribution >= 4 is 29.0 Å². The third-order valence-corrected chi connectivity index (χ3v) is 5.70. The van der Waals surface area contributed by atoms with Crippen LogP contribution in [0.3, 0.4) is 0 Å². The molecular formula is C21H23NO4S. The molecule has 0 spiro atoms. The number of aryl methyl sites for hydroxylation is 1. The van der Waals surface area contributed by atoms with Crippen LogP contribution in [0.2, 0.25) is 0 Å². The van der Waals surface area contributed by atoms with E-state index < -0.39 is 6.10 Å². The summed E-state index contributed by atoms with van der Waals surface area (Å²) in [5.74, 6) is -0.815. The van der Waals surface area contributed by atoms with E-state index in [2.05, 4.69) is 0 Å². The fourth-order valence-corrected chi connectivity index (χ4v) is 3.84. The number of hydrogen-bond donors (Lipinski definition) is 0. The average molecular weight is 385 g/mol. The Hall–Kier alpha value is -2.47. The van der Waals surface area contributed by atoms with Crippen molar-refractivity contribution in [3.05, 3.63) is 57.8 Å². The van der Waals surface area contributed by atoms with Crippen LogP contribution < -0.4 is 0 Å². The second kappa shape index (κ2) is 8.48. The maximum absolute atomic E-state index is 12.4. The summed E-state index contributed by atoms with van der Waals surface area (Å²) in [6, 6.07) is 10.9. The summed E-state index contributed by atoms with van der Waals surface area (Å²) < 4.78 is 5.41. The Bertz CT molecular complexity index is 805. The maximum atomic E-state index is 12.4. The van der Waals surface area contributed by atoms with Crippen LogP contribution in [0, 0.1) is 12.8 Å². The molecule has 3 rings (SSSR count). The Morgan fingerprint density at radius 1 is 1.11 bits per heavy atom. The van der Waals surface area contributed by atoms with Gasteiger partial charge >= 0.3 is 5.97 Å². The summed E-state index contributed by atoms with van der Waals surface area (Å²) in [6.45, 7) is 4.61. The van der Waals surface area contributed by atoms with Gasteiger partial charge in [-0.25, -0.2) is 0 Å². The topological polar surface area (TPSA) is 63.7 Å². The predicted octanol–water partition coefficient (Wildman–Crippen LogP) is 3.72. The van der Waals surface area contributed by atoms with Crippen LogP contribution in [0.15, 0.2) is 41.8 Å². The minimum atomic E-state index is -0.814. The molecule has 1 aliphatic heterocycles. The number of ketones is 1. The standard InChI is InChI=1S/C21H23NO4S/c1-14-5-7-16(8-6-14)19(23)15(2)26-21(25)17-9-11-22(12-10-17)20(24)18-4-3-13-27-18/h3-8,13,15,17H,9-12H2,1-2H3/t15-/m1/s1. The minimum absolute atomic E-state index is 0.0136. The molecular weight excluding hydrogens is 362 g/mol. The molecule has 0 unspecified atom stereocenters. The van der Waals surface area contributed by atoms with E-state index in [-0.39, 0.29) is 23.6 Å². The molecule has 27 heavy (non-hydrogen) atoms. The van der Waals surface area contributed by atoms with Gasteiger partial charge in [0.15, 0.2) is 6.10 Å². The van der Waals surface area contributed by atoms with Crippen molar-refractivity contribution in [2.45, 2.75) is 32.8 Å². The molecule has 0 saturated carbocycles. The lowest BCUT2D eigenvalue weighted by Crippen LogP contribution is -2.41. The number of ether oxygens (including phenoxy) is 1. The van der Waals surface area contributed by atoms with Crippen molar-refractivity contribution < 1.29 is 19.1 Å². The quantitative estimate of drug-likeness (QED) is 0.581. The first-order chi connectivity index (χ1) is 13.0. The van der Waals surface area contributed by atoms with Crippen molar-refractivity contribution in [1.82, 2.24) is 4.90 Å². The van der Waals surface area contributed by atoms with Crippen LogP contribution in [0.1, 0.15) is 45.4 Å². The Kier molecular flexibility index (Phi) is 6.06. The Balaban J connectivity index is 1.51. The first-order valence-electron chi connectivity index (χ1n) is 9.10. The molecule has 6 heteroatoms. The van der Waals surface area contributed by atoms with E-state index in [9.17, 15) is 14.4 Å². The van der Waals surface area contributed by atoms with Crippen LogP contribution in [-0.2, 0) is 9.53 Å². The summed E-state index contributed by atoms with van der Waals surface area (Å²) >= 11 is 1.42. The van der Waals surface area contributed by atoms with Gasteiger partial charge in [-0.15, -0.1) is 11.3 Å². The number of nitrogens with zero attached hydrogens (tertiary/aromatic N) is 1. The van der Waals surface area contributed by atoms with E-state index in [4.69, 9.17) is 4.74 Å². The zero-order valence-electron chi connectivity index (χ0n) is 15.5. The number of piperidine rings is 1. The fourth-order valence-electron chi connectivity index (χ4n) is 3.15. The normalized spacial score (nSPS) is 16.0. The smallest absolute Gasteiger partial charge is 0.309 e. The van der Waals surface area contributed by atoms with Gasteiger partial charge in [0.05, 0.1) is 10.8 Å². The Morgan fingerprint density at radius 2 is 1.78 bits per heavy atom. The average Bonchev–Trinajstić information content (AvgIpc) is 3.22. The second-order valence-corrected chi connectivity index (χ2v) is 7.80. The number of esters is 1. The van der Waals surface area contributed by atoms with Crippen LogP contribution in [-0.4, -0.2) is 41.8 Å². The van der Waals surface area contributed by atoms with Crippen LogP contribution in [0.4, 0.5) is 0 Å². The highest BCUT2D eigenvalue weighted by atomic mass is 32.1. The maximum Gasteiger partial charge on any atom is 0.309 e. The SMILES string of the molecule is Cc1ccc(C(=O)[C@@H](C)OC(=O)C2CCN(C(=O)c3cccs3)CC2)cc1. The van der Waals surface area contributed by atoms with Gasteiger partial charge in [0.1, 0.15) is 0 Å². The molecule has 1 aliphatic rings. The summed E-state index contributed by atoms with van der Waals surface area (Å²) in [6.07, 6.45) is 0.300. The highest BCUT2D eigenvalue weighted by Gasteiger charge is 2.31. The molecule has 0 bridgehead atoms. The van der Waals surface area contributed by atoms with Crippen molar-refractivity contribution in [2.24, 2.45) is 5.92 Å². The van der Waals surface area contributed by atoms with Gasteiger partial charge in [0.2, 0.25) is 5.78 Å². The molecule has 1 aromatic heterocycles. The Morgan fingerprint density at radius 3 is 2.37 bits per heavy atom. The molecule has 0 radical (unpaired) electrons. The van der Waals surface area contributed by atoms with Crippen LogP contribution in [0.5, 0.6) is 0 Å². The van der Waals surface area contributed by atoms with E-state index in [1.807, 2.05) is 36.6 Å². The molecule has 1 atom stereocenters. The van der Waals surface area contributed by atoms with Gasteiger partial charge in [-0.2, -0.15) is 0 Å². The van der Waals surface area contributed by atoms with Gasteiger partial charge in [-0.3, -0.25) is 14.4 Å². The molecule has 1 fully saturated rings. The molecule has 5 nitrogen and oxygen atoms in total. The number of benzene rings is 1. The lowest BCUT2D eigenvalue weighted by atomic mass is 9.96. The van der Waals surface area contributed by atoms with E-state index in [1.165, 1.54) is 11.3 Å². The first-order valence-corrected chi connectivity index (χ1v) is 9.98. The van der Waals surface area contributed by atoms with Crippen LogP contribution in [0.25, 0.3) is 0 Å². The van der Waals surface area contributed by atoms with Crippen molar-refractivity contribution in [3.63, 3.8) is 0 Å². The highest BCUT2D eigenvalue weighted by molar-refractivity contribution is 7.12. The molecule has 2 heterocycles. The summed E-state index contributed by atoms with van der Waals surface area (Å²) in [4.78, 5) is 39.7. The molecule has 1 amide bonds. The zero-order chi connectivity index (χ0) is 19.4. The fraction of sp³-hybridized carbons (Fsp3) is 0.381. The van der Waals surface area contributed by atoms with Gasteiger partial charge in [0.25, 0.3) is 5.91 Å². The monoisotopic (exact) mass is 385 g/mol. The molecule has 142 valence electrons. The van der Waals surface area contributed by atoms with Gasteiger partial charge in [0, 0.05) is 18.7 Å². The molecule has 1 saturated heterocycles. The largest absolute Gasteiger partial charge is 0.454 e. The Labute approximate surface area is 162 Å². The molecule has 2 aromatic rings. The summed E-state index contributed by atoms with van der Waals surface area (Å²) in [5, 5.41) is 1.88. The van der Waals surface area contributed by atoms with E-state index in [1.54, 1.807) is 24.0 Å². The zero-order valence-corrected chi connectivity index (χ0v) is 16.3. The number of Topliss-reactive ketones (excluding diaryl/α,β-unsaturated/α-hetero) is 1. The minimum Gasteiger partial charge on any atom is -0.454 e. The second-order valence-electron chi connectivity index (χ2n) is 6.85. The number of hydrogen-bond acceptors (Lipinski definition) is 5. The number of rotatable bonds is 5. The van der Waals surface area contributed by atoms with Crippen molar-refractivity contribution in [3.8, 4) is 0 Å². The molecule has 1 aromatic carbocycles. The van der Waals surface area contributed by atoms with Gasteiger partial charge in [-0.05, 0) is 38.1 Å². The van der Waals surface area contributed by atoms with Gasteiger partial charge in [-0.1, -0.05) is 35.9 Å². The predicted molar refractivity (Wildman–Crippen MR) is 104 cm³/mol. The van der Waals surface area contributed by atoms with Crippen molar-refractivity contribution in [1.29, 1.82) is 0 Å². The van der Waals surface area contributed by atoms with Crippen LogP contribution >= 0.6 is 11.3 Å². The van der Waals surface area contributed by atoms with E-state index in [0.29, 0.717) is 36.4 Å². The molecule has 0 aliphatic carbocycles.